The van der Waals surface area contributed by atoms with Crippen LogP contribution in [0.4, 0.5) is 0 Å². The smallest absolute Gasteiger partial charge is 0.326 e. The van der Waals surface area contributed by atoms with Gasteiger partial charge in [0.15, 0.2) is 0 Å². The van der Waals surface area contributed by atoms with Crippen LogP contribution in [0.1, 0.15) is 19.4 Å². The third-order valence-electron chi connectivity index (χ3n) is 3.92. The predicted molar refractivity (Wildman–Crippen MR) is 86.8 cm³/mol. The molecule has 0 fully saturated rings. The molecule has 2 N–H and O–H groups in total. The first-order chi connectivity index (χ1) is 9.95. The molecule has 21 heavy (non-hydrogen) atoms. The van der Waals surface area contributed by atoms with Gasteiger partial charge in [-0.1, -0.05) is 55.5 Å². The summed E-state index contributed by atoms with van der Waals surface area (Å²) < 4.78 is 4.75. The SMILES string of the molecule is COC(=O)[C@@](C)(N)[C@H](C)/C=C/c1ccc2ccccc2c1. The van der Waals surface area contributed by atoms with E-state index in [9.17, 15) is 4.79 Å². The van der Waals surface area contributed by atoms with Crippen LogP contribution < -0.4 is 5.73 Å². The average Bonchev–Trinajstić information content (AvgIpc) is 2.51. The highest BCUT2D eigenvalue weighted by Crippen LogP contribution is 2.20. The van der Waals surface area contributed by atoms with E-state index in [0.717, 1.165) is 5.56 Å². The van der Waals surface area contributed by atoms with Gasteiger partial charge in [-0.3, -0.25) is 4.79 Å². The van der Waals surface area contributed by atoms with Crippen molar-refractivity contribution in [1.29, 1.82) is 0 Å². The number of carbonyl (C=O) groups is 1. The molecule has 2 rings (SSSR count). The minimum Gasteiger partial charge on any atom is -0.468 e. The van der Waals surface area contributed by atoms with E-state index in [0.29, 0.717) is 0 Å². The number of methoxy groups -OCH3 is 1. The maximum atomic E-state index is 11.7. The Hall–Kier alpha value is -2.13. The highest BCUT2D eigenvalue weighted by molar-refractivity contribution is 5.85. The summed E-state index contributed by atoms with van der Waals surface area (Å²) in [5, 5.41) is 2.40. The summed E-state index contributed by atoms with van der Waals surface area (Å²) in [6.07, 6.45) is 3.94. The maximum Gasteiger partial charge on any atom is 0.326 e. The fraction of sp³-hybridized carbons (Fsp3) is 0.278. The van der Waals surface area contributed by atoms with E-state index >= 15 is 0 Å². The topological polar surface area (TPSA) is 52.3 Å². The van der Waals surface area contributed by atoms with Gasteiger partial charge in [-0.25, -0.2) is 0 Å². The van der Waals surface area contributed by atoms with Crippen molar-refractivity contribution in [2.45, 2.75) is 19.4 Å². The number of rotatable bonds is 4. The van der Waals surface area contributed by atoms with Crippen molar-refractivity contribution in [3.63, 3.8) is 0 Å². The summed E-state index contributed by atoms with van der Waals surface area (Å²) in [7, 11) is 1.35. The Morgan fingerprint density at radius 2 is 1.90 bits per heavy atom. The number of benzene rings is 2. The van der Waals surface area contributed by atoms with Crippen LogP contribution in [0.25, 0.3) is 16.8 Å². The zero-order chi connectivity index (χ0) is 15.5. The van der Waals surface area contributed by atoms with Crippen molar-refractivity contribution in [3.05, 3.63) is 54.1 Å². The number of carbonyl (C=O) groups excluding carboxylic acids is 1. The van der Waals surface area contributed by atoms with E-state index in [1.54, 1.807) is 6.92 Å². The van der Waals surface area contributed by atoms with Crippen molar-refractivity contribution < 1.29 is 9.53 Å². The van der Waals surface area contributed by atoms with Gasteiger partial charge in [0.05, 0.1) is 7.11 Å². The van der Waals surface area contributed by atoms with Gasteiger partial charge in [0.1, 0.15) is 5.54 Å². The van der Waals surface area contributed by atoms with Crippen LogP contribution in [0, 0.1) is 5.92 Å². The molecule has 0 aliphatic heterocycles. The second-order valence-electron chi connectivity index (χ2n) is 5.53. The lowest BCUT2D eigenvalue weighted by Crippen LogP contribution is -2.50. The van der Waals surface area contributed by atoms with Gasteiger partial charge in [0.2, 0.25) is 0 Å². The van der Waals surface area contributed by atoms with Crippen LogP contribution in [0.2, 0.25) is 0 Å². The molecule has 2 aromatic carbocycles. The first-order valence-electron chi connectivity index (χ1n) is 6.99. The lowest BCUT2D eigenvalue weighted by Gasteiger charge is -2.26. The Kier molecular flexibility index (Phi) is 4.43. The first kappa shape index (κ1) is 15.3. The molecule has 0 aliphatic carbocycles. The molecule has 0 radical (unpaired) electrons. The Morgan fingerprint density at radius 1 is 1.24 bits per heavy atom. The number of hydrogen-bond donors (Lipinski definition) is 1. The number of fused-ring (bicyclic) bond motifs is 1. The van der Waals surface area contributed by atoms with Crippen LogP contribution in [0.15, 0.2) is 48.5 Å². The fourth-order valence-electron chi connectivity index (χ4n) is 2.17. The Balaban J connectivity index is 2.21. The third-order valence-corrected chi connectivity index (χ3v) is 3.92. The van der Waals surface area contributed by atoms with Crippen molar-refractivity contribution in [2.24, 2.45) is 11.7 Å². The van der Waals surface area contributed by atoms with E-state index in [2.05, 4.69) is 30.3 Å². The second-order valence-corrected chi connectivity index (χ2v) is 5.53. The highest BCUT2D eigenvalue weighted by atomic mass is 16.5. The number of nitrogens with two attached hydrogens (primary N) is 1. The largest absolute Gasteiger partial charge is 0.468 e. The molecule has 110 valence electrons. The molecule has 3 nitrogen and oxygen atoms in total. The normalized spacial score (nSPS) is 15.8. The van der Waals surface area contributed by atoms with E-state index in [-0.39, 0.29) is 5.92 Å². The molecule has 0 aromatic heterocycles. The lowest BCUT2D eigenvalue weighted by molar-refractivity contribution is -0.147. The van der Waals surface area contributed by atoms with Crippen LogP contribution >= 0.6 is 0 Å². The summed E-state index contributed by atoms with van der Waals surface area (Å²) in [4.78, 5) is 11.7. The predicted octanol–water partition coefficient (Wildman–Crippen LogP) is 3.38. The minimum atomic E-state index is -1.03. The molecule has 0 amide bonds. The lowest BCUT2D eigenvalue weighted by atomic mass is 9.87. The Morgan fingerprint density at radius 3 is 2.57 bits per heavy atom. The summed E-state index contributed by atoms with van der Waals surface area (Å²) >= 11 is 0. The molecule has 0 bridgehead atoms. The third kappa shape index (κ3) is 3.31. The van der Waals surface area contributed by atoms with Gasteiger partial charge in [0.25, 0.3) is 0 Å². The molecule has 2 atom stereocenters. The van der Waals surface area contributed by atoms with Gasteiger partial charge >= 0.3 is 5.97 Å². The van der Waals surface area contributed by atoms with E-state index < -0.39 is 11.5 Å². The molecule has 2 aromatic rings. The van der Waals surface area contributed by atoms with Crippen LogP contribution in [-0.2, 0) is 9.53 Å². The number of hydrogen-bond acceptors (Lipinski definition) is 3. The summed E-state index contributed by atoms with van der Waals surface area (Å²) in [5.41, 5.74) is 6.10. The number of esters is 1. The quantitative estimate of drug-likeness (QED) is 0.875. The van der Waals surface area contributed by atoms with Gasteiger partial charge in [-0.2, -0.15) is 0 Å². The molecule has 0 unspecified atom stereocenters. The molecule has 3 heteroatoms. The summed E-state index contributed by atoms with van der Waals surface area (Å²) in [5.74, 6) is -0.533. The van der Waals surface area contributed by atoms with Gasteiger partial charge in [-0.05, 0) is 29.3 Å². The zero-order valence-electron chi connectivity index (χ0n) is 12.7. The standard InChI is InChI=1S/C18H21NO2/c1-13(18(2,19)17(20)21-3)8-9-14-10-11-15-6-4-5-7-16(15)12-14/h4-13H,19H2,1-3H3/b9-8+/t13-,18+/m1/s1. The van der Waals surface area contributed by atoms with Crippen LogP contribution in [0.3, 0.4) is 0 Å². The summed E-state index contributed by atoms with van der Waals surface area (Å²) in [6, 6.07) is 14.5. The Labute approximate surface area is 125 Å². The maximum absolute atomic E-state index is 11.7. The second kappa shape index (κ2) is 6.10. The van der Waals surface area contributed by atoms with Gasteiger partial charge < -0.3 is 10.5 Å². The Bertz CT molecular complexity index is 674. The van der Waals surface area contributed by atoms with Crippen molar-refractivity contribution in [1.82, 2.24) is 0 Å². The van der Waals surface area contributed by atoms with Crippen molar-refractivity contribution in [2.75, 3.05) is 7.11 Å². The summed E-state index contributed by atoms with van der Waals surface area (Å²) in [6.45, 7) is 3.60. The first-order valence-corrected chi connectivity index (χ1v) is 6.99. The molecular weight excluding hydrogens is 262 g/mol. The number of ether oxygens (including phenoxy) is 1. The van der Waals surface area contributed by atoms with E-state index in [1.807, 2.05) is 31.2 Å². The highest BCUT2D eigenvalue weighted by Gasteiger charge is 2.34. The average molecular weight is 283 g/mol. The zero-order valence-corrected chi connectivity index (χ0v) is 12.7. The molecule has 0 saturated heterocycles. The minimum absolute atomic E-state index is 0.128. The van der Waals surface area contributed by atoms with Gasteiger partial charge in [-0.15, -0.1) is 0 Å². The molecular formula is C18H21NO2. The van der Waals surface area contributed by atoms with Crippen LogP contribution in [0.5, 0.6) is 0 Å². The van der Waals surface area contributed by atoms with E-state index in [1.165, 1.54) is 17.9 Å². The van der Waals surface area contributed by atoms with Gasteiger partial charge in [0, 0.05) is 5.92 Å². The monoisotopic (exact) mass is 283 g/mol. The fourth-order valence-corrected chi connectivity index (χ4v) is 2.17. The molecule has 0 saturated carbocycles. The van der Waals surface area contributed by atoms with Crippen molar-refractivity contribution in [3.8, 4) is 0 Å². The van der Waals surface area contributed by atoms with Crippen LogP contribution in [-0.4, -0.2) is 18.6 Å². The van der Waals surface area contributed by atoms with E-state index in [4.69, 9.17) is 10.5 Å². The molecule has 0 heterocycles. The molecule has 0 spiro atoms. The van der Waals surface area contributed by atoms with Crippen molar-refractivity contribution >= 4 is 22.8 Å². The molecule has 0 aliphatic rings.